The van der Waals surface area contributed by atoms with Crippen LogP contribution in [0.4, 0.5) is 0 Å². The number of aromatic nitrogens is 2. The highest BCUT2D eigenvalue weighted by Crippen LogP contribution is 2.31. The van der Waals surface area contributed by atoms with Crippen molar-refractivity contribution in [3.05, 3.63) is 62.6 Å². The van der Waals surface area contributed by atoms with Gasteiger partial charge in [-0.05, 0) is 75.4 Å². The first-order chi connectivity index (χ1) is 14.3. The molecule has 1 aliphatic rings. The summed E-state index contributed by atoms with van der Waals surface area (Å²) in [5, 5.41) is 1.61. The Morgan fingerprint density at radius 1 is 1.17 bits per heavy atom. The van der Waals surface area contributed by atoms with Crippen molar-refractivity contribution in [3.8, 4) is 11.1 Å². The maximum Gasteiger partial charge on any atom is 0.262 e. The molecule has 3 aromatic rings. The summed E-state index contributed by atoms with van der Waals surface area (Å²) < 4.78 is 1.86. The van der Waals surface area contributed by atoms with Gasteiger partial charge in [-0.15, -0.1) is 0 Å². The monoisotopic (exact) mass is 443 g/mol. The molecule has 0 amide bonds. The molecule has 30 heavy (non-hydrogen) atoms. The fraction of sp³-hybridized carbons (Fsp3) is 0.417. The van der Waals surface area contributed by atoms with Gasteiger partial charge in [0.2, 0.25) is 0 Å². The minimum atomic E-state index is 0.0147. The molecule has 1 aromatic heterocycles. The third-order valence-corrected chi connectivity index (χ3v) is 6.87. The maximum absolute atomic E-state index is 13.6. The number of nitrogens with zero attached hydrogens (tertiary/aromatic N) is 3. The molecule has 1 aliphatic heterocycles. The van der Waals surface area contributed by atoms with Crippen LogP contribution in [0, 0.1) is 12.8 Å². The zero-order valence-electron chi connectivity index (χ0n) is 17.7. The van der Waals surface area contributed by atoms with E-state index in [1.165, 1.54) is 6.42 Å². The molecule has 0 N–H and O–H groups in total. The zero-order valence-corrected chi connectivity index (χ0v) is 19.2. The van der Waals surface area contributed by atoms with Crippen molar-refractivity contribution in [2.45, 2.75) is 46.2 Å². The number of piperidine rings is 1. The second kappa shape index (κ2) is 8.70. The van der Waals surface area contributed by atoms with Gasteiger partial charge in [0.15, 0.2) is 0 Å². The smallest absolute Gasteiger partial charge is 0.262 e. The van der Waals surface area contributed by atoms with Crippen LogP contribution in [-0.2, 0) is 6.54 Å². The summed E-state index contributed by atoms with van der Waals surface area (Å²) in [5.41, 5.74) is 2.43. The molecule has 0 aliphatic carbocycles. The minimum Gasteiger partial charge on any atom is -0.301 e. The van der Waals surface area contributed by atoms with Gasteiger partial charge in [-0.25, -0.2) is 4.98 Å². The molecule has 0 unspecified atom stereocenters. The largest absolute Gasteiger partial charge is 0.301 e. The lowest BCUT2D eigenvalue weighted by atomic mass is 9.96. The van der Waals surface area contributed by atoms with E-state index in [9.17, 15) is 4.79 Å². The molecule has 6 heteroatoms. The lowest BCUT2D eigenvalue weighted by Gasteiger charge is -2.35. The molecule has 158 valence electrons. The summed E-state index contributed by atoms with van der Waals surface area (Å²) in [7, 11) is 0. The van der Waals surface area contributed by atoms with Crippen LogP contribution in [0.2, 0.25) is 10.0 Å². The molecular weight excluding hydrogens is 417 g/mol. The van der Waals surface area contributed by atoms with E-state index in [2.05, 4.69) is 18.7 Å². The highest BCUT2D eigenvalue weighted by molar-refractivity contribution is 6.42. The fourth-order valence-electron chi connectivity index (χ4n) is 4.47. The summed E-state index contributed by atoms with van der Waals surface area (Å²) in [6, 6.07) is 11.8. The van der Waals surface area contributed by atoms with E-state index in [4.69, 9.17) is 28.2 Å². The molecule has 1 fully saturated rings. The van der Waals surface area contributed by atoms with Crippen LogP contribution in [-0.4, -0.2) is 33.6 Å². The Balaban J connectivity index is 1.78. The number of benzene rings is 2. The molecule has 0 bridgehead atoms. The van der Waals surface area contributed by atoms with Crippen molar-refractivity contribution in [1.29, 1.82) is 0 Å². The Bertz CT molecular complexity index is 1140. The number of halogens is 2. The Morgan fingerprint density at radius 2 is 1.97 bits per heavy atom. The molecule has 1 saturated heterocycles. The Hall–Kier alpha value is -1.88. The van der Waals surface area contributed by atoms with Gasteiger partial charge < -0.3 is 4.90 Å². The lowest BCUT2D eigenvalue weighted by Crippen LogP contribution is -2.42. The van der Waals surface area contributed by atoms with E-state index < -0.39 is 0 Å². The topological polar surface area (TPSA) is 38.1 Å². The van der Waals surface area contributed by atoms with E-state index in [0.717, 1.165) is 36.5 Å². The van der Waals surface area contributed by atoms with E-state index in [0.29, 0.717) is 39.5 Å². The number of likely N-dealkylation sites (tertiary alicyclic amines) is 1. The Kier molecular flexibility index (Phi) is 6.19. The number of hydrogen-bond donors (Lipinski definition) is 0. The first-order valence-electron chi connectivity index (χ1n) is 10.5. The number of rotatable bonds is 4. The van der Waals surface area contributed by atoms with Crippen molar-refractivity contribution < 1.29 is 0 Å². The van der Waals surface area contributed by atoms with Gasteiger partial charge in [0.1, 0.15) is 5.82 Å². The fourth-order valence-corrected chi connectivity index (χ4v) is 4.77. The van der Waals surface area contributed by atoms with Crippen molar-refractivity contribution >= 4 is 34.1 Å². The van der Waals surface area contributed by atoms with Crippen LogP contribution >= 0.6 is 23.2 Å². The van der Waals surface area contributed by atoms with E-state index >= 15 is 0 Å². The molecule has 4 nitrogen and oxygen atoms in total. The zero-order chi connectivity index (χ0) is 21.4. The second-order valence-electron chi connectivity index (χ2n) is 8.50. The normalized spacial score (nSPS) is 17.7. The van der Waals surface area contributed by atoms with Gasteiger partial charge in [-0.1, -0.05) is 41.4 Å². The molecule has 2 heterocycles. The number of hydrogen-bond acceptors (Lipinski definition) is 3. The van der Waals surface area contributed by atoms with Crippen molar-refractivity contribution in [3.63, 3.8) is 0 Å². The van der Waals surface area contributed by atoms with Crippen LogP contribution in [0.25, 0.3) is 22.0 Å². The molecule has 0 spiro atoms. The van der Waals surface area contributed by atoms with Crippen LogP contribution in [0.1, 0.15) is 32.5 Å². The predicted octanol–water partition coefficient (Wildman–Crippen LogP) is 5.80. The average Bonchev–Trinajstić information content (AvgIpc) is 2.73. The van der Waals surface area contributed by atoms with Gasteiger partial charge in [0, 0.05) is 19.1 Å². The summed E-state index contributed by atoms with van der Waals surface area (Å²) in [5.74, 6) is 1.22. The predicted molar refractivity (Wildman–Crippen MR) is 126 cm³/mol. The van der Waals surface area contributed by atoms with Crippen molar-refractivity contribution in [2.75, 3.05) is 13.1 Å². The summed E-state index contributed by atoms with van der Waals surface area (Å²) in [6.45, 7) is 9.26. The van der Waals surface area contributed by atoms with Crippen molar-refractivity contribution in [1.82, 2.24) is 14.5 Å². The third kappa shape index (κ3) is 4.14. The van der Waals surface area contributed by atoms with Gasteiger partial charge in [0.05, 0.1) is 20.9 Å². The number of fused-ring (bicyclic) bond motifs is 1. The molecule has 1 atom stereocenters. The van der Waals surface area contributed by atoms with Crippen molar-refractivity contribution in [2.24, 2.45) is 5.92 Å². The minimum absolute atomic E-state index is 0.0147. The van der Waals surface area contributed by atoms with Crippen LogP contribution in [0.5, 0.6) is 0 Å². The van der Waals surface area contributed by atoms with Gasteiger partial charge in [-0.2, -0.15) is 0 Å². The van der Waals surface area contributed by atoms with E-state index in [-0.39, 0.29) is 5.56 Å². The standard InChI is InChI=1S/C24H27Cl2N3O/c1-15(2)28-11-5-6-17(13-28)14-29-16(3)27-22-8-4-7-19(23(22)24(29)30)18-9-10-20(25)21(26)12-18/h4,7-10,12,15,17H,5-6,11,13-14H2,1-3H3/t17-/m0/s1. The van der Waals surface area contributed by atoms with Crippen LogP contribution in [0.3, 0.4) is 0 Å². The lowest BCUT2D eigenvalue weighted by molar-refractivity contribution is 0.129. The molecule has 4 rings (SSSR count). The average molecular weight is 444 g/mol. The first kappa shape index (κ1) is 21.4. The molecule has 0 saturated carbocycles. The second-order valence-corrected chi connectivity index (χ2v) is 9.31. The third-order valence-electron chi connectivity index (χ3n) is 6.13. The van der Waals surface area contributed by atoms with Gasteiger partial charge in [-0.3, -0.25) is 9.36 Å². The summed E-state index contributed by atoms with van der Waals surface area (Å²) in [4.78, 5) is 20.9. The van der Waals surface area contributed by atoms with E-state index in [1.54, 1.807) is 6.07 Å². The highest BCUT2D eigenvalue weighted by atomic mass is 35.5. The van der Waals surface area contributed by atoms with Gasteiger partial charge >= 0.3 is 0 Å². The first-order valence-corrected chi connectivity index (χ1v) is 11.3. The summed E-state index contributed by atoms with van der Waals surface area (Å²) in [6.07, 6.45) is 2.31. The molecule has 0 radical (unpaired) electrons. The quantitative estimate of drug-likeness (QED) is 0.511. The SMILES string of the molecule is Cc1nc2cccc(-c3ccc(Cl)c(Cl)c3)c2c(=O)n1C[C@H]1CCCN(C(C)C)C1. The van der Waals surface area contributed by atoms with Gasteiger partial charge in [0.25, 0.3) is 5.56 Å². The maximum atomic E-state index is 13.6. The molecule has 2 aromatic carbocycles. The summed E-state index contributed by atoms with van der Waals surface area (Å²) >= 11 is 12.3. The number of aryl methyl sites for hydroxylation is 1. The van der Waals surface area contributed by atoms with E-state index in [1.807, 2.05) is 41.8 Å². The molecular formula is C24H27Cl2N3O. The Morgan fingerprint density at radius 3 is 2.70 bits per heavy atom. The van der Waals surface area contributed by atoms with Crippen LogP contribution in [0.15, 0.2) is 41.2 Å². The van der Waals surface area contributed by atoms with Crippen LogP contribution < -0.4 is 5.56 Å². The Labute approximate surface area is 187 Å². The highest BCUT2D eigenvalue weighted by Gasteiger charge is 2.23.